The molecule has 126 valence electrons. The van der Waals surface area contributed by atoms with Crippen molar-refractivity contribution in [2.24, 2.45) is 5.92 Å². The molecule has 2 aromatic carbocycles. The van der Waals surface area contributed by atoms with Gasteiger partial charge < -0.3 is 9.90 Å². The smallest absolute Gasteiger partial charge is 0.193 e. The van der Waals surface area contributed by atoms with Crippen molar-refractivity contribution in [1.29, 1.82) is 0 Å². The highest BCUT2D eigenvalue weighted by molar-refractivity contribution is 6.01. The van der Waals surface area contributed by atoms with Gasteiger partial charge in [0.05, 0.1) is 0 Å². The van der Waals surface area contributed by atoms with Gasteiger partial charge in [0, 0.05) is 11.5 Å². The molecule has 1 atom stereocenters. The van der Waals surface area contributed by atoms with Crippen LogP contribution in [-0.4, -0.2) is 22.8 Å². The van der Waals surface area contributed by atoms with Gasteiger partial charge in [-0.3, -0.25) is 4.79 Å². The largest absolute Gasteiger partial charge is 0.382 e. The predicted molar refractivity (Wildman–Crippen MR) is 95.3 cm³/mol. The Balaban J connectivity index is 2.03. The normalized spacial score (nSPS) is 12.7. The van der Waals surface area contributed by atoms with E-state index in [2.05, 4.69) is 24.3 Å². The van der Waals surface area contributed by atoms with Crippen LogP contribution in [0.2, 0.25) is 0 Å². The van der Waals surface area contributed by atoms with Crippen LogP contribution in [0.5, 0.6) is 0 Å². The van der Waals surface area contributed by atoms with E-state index in [9.17, 15) is 14.7 Å². The monoisotopic (exact) mass is 324 g/mol. The zero-order valence-corrected chi connectivity index (χ0v) is 14.5. The molecule has 1 unspecified atom stereocenters. The number of Topliss-reactive ketones (excluding diaryl/α,β-unsaturated/α-hetero) is 1. The Labute approximate surface area is 143 Å². The van der Waals surface area contributed by atoms with Gasteiger partial charge in [0.2, 0.25) is 0 Å². The number of aliphatic hydroxyl groups is 1. The Morgan fingerprint density at radius 3 is 1.92 bits per heavy atom. The van der Waals surface area contributed by atoms with E-state index in [4.69, 9.17) is 0 Å². The number of ketones is 1. The van der Waals surface area contributed by atoms with Crippen LogP contribution in [0.15, 0.2) is 48.5 Å². The van der Waals surface area contributed by atoms with E-state index >= 15 is 0 Å². The van der Waals surface area contributed by atoms with Gasteiger partial charge in [-0.05, 0) is 43.4 Å². The maximum atomic E-state index is 12.0. The van der Waals surface area contributed by atoms with Gasteiger partial charge in [-0.2, -0.15) is 0 Å². The average molecular weight is 324 g/mol. The minimum atomic E-state index is -1.35. The van der Waals surface area contributed by atoms with E-state index < -0.39 is 5.60 Å². The molecular formula is C21H24O3. The van der Waals surface area contributed by atoms with Crippen molar-refractivity contribution in [2.75, 3.05) is 0 Å². The molecule has 3 nitrogen and oxygen atoms in total. The van der Waals surface area contributed by atoms with Crippen LogP contribution in [0.3, 0.4) is 0 Å². The second-order valence-electron chi connectivity index (χ2n) is 6.90. The van der Waals surface area contributed by atoms with Crippen LogP contribution in [0.1, 0.15) is 47.8 Å². The number of hydrogen-bond acceptors (Lipinski definition) is 3. The highest BCUT2D eigenvalue weighted by Gasteiger charge is 2.24. The quantitative estimate of drug-likeness (QED) is 0.625. The van der Waals surface area contributed by atoms with Crippen molar-refractivity contribution >= 4 is 12.1 Å². The Morgan fingerprint density at radius 2 is 1.46 bits per heavy atom. The molecule has 0 aliphatic carbocycles. The molecule has 0 aliphatic heterocycles. The number of benzene rings is 2. The first kappa shape index (κ1) is 18.1. The Bertz CT molecular complexity index is 691. The summed E-state index contributed by atoms with van der Waals surface area (Å²) in [6, 6.07) is 15.6. The fraction of sp³-hybridized carbons (Fsp3) is 0.333. The van der Waals surface area contributed by atoms with Crippen LogP contribution < -0.4 is 0 Å². The van der Waals surface area contributed by atoms with Crippen molar-refractivity contribution in [3.05, 3.63) is 70.8 Å². The van der Waals surface area contributed by atoms with E-state index in [1.807, 2.05) is 19.1 Å². The molecule has 0 aliphatic rings. The summed E-state index contributed by atoms with van der Waals surface area (Å²) >= 11 is 0. The number of hydrogen-bond donors (Lipinski definition) is 1. The predicted octanol–water partition coefficient (Wildman–Crippen LogP) is 3.61. The van der Waals surface area contributed by atoms with Crippen LogP contribution in [0.4, 0.5) is 0 Å². The molecule has 0 amide bonds. The second kappa shape index (κ2) is 7.54. The Kier molecular flexibility index (Phi) is 5.68. The van der Waals surface area contributed by atoms with E-state index in [0.29, 0.717) is 5.56 Å². The number of aldehydes is 1. The molecule has 3 heteroatoms. The van der Waals surface area contributed by atoms with Gasteiger partial charge in [0.25, 0.3) is 0 Å². The maximum Gasteiger partial charge on any atom is 0.193 e. The van der Waals surface area contributed by atoms with Gasteiger partial charge in [-0.1, -0.05) is 55.5 Å². The minimum absolute atomic E-state index is 0.0386. The van der Waals surface area contributed by atoms with Gasteiger partial charge >= 0.3 is 0 Å². The zero-order valence-electron chi connectivity index (χ0n) is 14.5. The van der Waals surface area contributed by atoms with Gasteiger partial charge in [0.1, 0.15) is 11.9 Å². The second-order valence-corrected chi connectivity index (χ2v) is 6.90. The van der Waals surface area contributed by atoms with Crippen LogP contribution in [0, 0.1) is 5.92 Å². The third-order valence-electron chi connectivity index (χ3n) is 3.99. The number of carbonyl (C=O) groups excluding carboxylic acids is 2. The molecule has 0 fully saturated rings. The lowest BCUT2D eigenvalue weighted by molar-refractivity contribution is -0.110. The van der Waals surface area contributed by atoms with Crippen LogP contribution in [-0.2, 0) is 17.6 Å². The Morgan fingerprint density at radius 1 is 1.00 bits per heavy atom. The standard InChI is InChI=1S/C21H24O3/c1-15(14-22)12-16-4-6-17(7-5-16)13-18-8-10-19(11-9-18)20(23)21(2,3)24/h4-11,14-15,24H,12-13H2,1-3H3. The summed E-state index contributed by atoms with van der Waals surface area (Å²) in [7, 11) is 0. The lowest BCUT2D eigenvalue weighted by atomic mass is 9.95. The third-order valence-corrected chi connectivity index (χ3v) is 3.99. The minimum Gasteiger partial charge on any atom is -0.382 e. The molecule has 0 saturated heterocycles. The summed E-state index contributed by atoms with van der Waals surface area (Å²) in [5.74, 6) is -0.237. The van der Waals surface area contributed by atoms with E-state index in [1.165, 1.54) is 19.4 Å². The van der Waals surface area contributed by atoms with Gasteiger partial charge in [0.15, 0.2) is 5.78 Å². The lowest BCUT2D eigenvalue weighted by Crippen LogP contribution is -2.31. The van der Waals surface area contributed by atoms with Gasteiger partial charge in [-0.15, -0.1) is 0 Å². The molecule has 1 N–H and O–H groups in total. The summed E-state index contributed by atoms with van der Waals surface area (Å²) in [5, 5.41) is 9.78. The van der Waals surface area contributed by atoms with Crippen LogP contribution in [0.25, 0.3) is 0 Å². The number of rotatable bonds is 7. The molecule has 0 heterocycles. The SMILES string of the molecule is CC(C=O)Cc1ccc(Cc2ccc(C(=O)C(C)(C)O)cc2)cc1. The summed E-state index contributed by atoms with van der Waals surface area (Å²) in [6.45, 7) is 4.91. The molecule has 2 rings (SSSR count). The molecule has 24 heavy (non-hydrogen) atoms. The highest BCUT2D eigenvalue weighted by atomic mass is 16.3. The third kappa shape index (κ3) is 4.87. The summed E-state index contributed by atoms with van der Waals surface area (Å²) < 4.78 is 0. The van der Waals surface area contributed by atoms with Crippen molar-refractivity contribution < 1.29 is 14.7 Å². The molecule has 0 radical (unpaired) electrons. The first-order valence-electron chi connectivity index (χ1n) is 8.19. The van der Waals surface area contributed by atoms with Crippen molar-refractivity contribution in [3.63, 3.8) is 0 Å². The zero-order chi connectivity index (χ0) is 17.7. The van der Waals surface area contributed by atoms with Crippen LogP contribution >= 0.6 is 0 Å². The molecule has 0 spiro atoms. The van der Waals surface area contributed by atoms with E-state index in [0.717, 1.165) is 30.3 Å². The van der Waals surface area contributed by atoms with Crippen molar-refractivity contribution in [3.8, 4) is 0 Å². The molecular weight excluding hydrogens is 300 g/mol. The Hall–Kier alpha value is -2.26. The van der Waals surface area contributed by atoms with E-state index in [-0.39, 0.29) is 11.7 Å². The van der Waals surface area contributed by atoms with Crippen molar-refractivity contribution in [1.82, 2.24) is 0 Å². The average Bonchev–Trinajstić information content (AvgIpc) is 2.55. The summed E-state index contributed by atoms with van der Waals surface area (Å²) in [4.78, 5) is 22.7. The highest BCUT2D eigenvalue weighted by Crippen LogP contribution is 2.16. The maximum absolute atomic E-state index is 12.0. The lowest BCUT2D eigenvalue weighted by Gasteiger charge is -2.15. The summed E-state index contributed by atoms with van der Waals surface area (Å²) in [5.41, 5.74) is 2.61. The molecule has 0 aromatic heterocycles. The topological polar surface area (TPSA) is 54.4 Å². The fourth-order valence-corrected chi connectivity index (χ4v) is 2.58. The molecule has 0 saturated carbocycles. The first-order valence-corrected chi connectivity index (χ1v) is 8.19. The fourth-order valence-electron chi connectivity index (χ4n) is 2.58. The molecule has 2 aromatic rings. The van der Waals surface area contributed by atoms with Gasteiger partial charge in [-0.25, -0.2) is 0 Å². The van der Waals surface area contributed by atoms with E-state index in [1.54, 1.807) is 12.1 Å². The first-order chi connectivity index (χ1) is 11.3. The number of carbonyl (C=O) groups is 2. The summed E-state index contributed by atoms with van der Waals surface area (Å²) in [6.07, 6.45) is 2.52. The molecule has 0 bridgehead atoms. The van der Waals surface area contributed by atoms with Crippen molar-refractivity contribution in [2.45, 2.75) is 39.2 Å².